The van der Waals surface area contributed by atoms with Crippen LogP contribution in [-0.4, -0.2) is 62.7 Å². The fraction of sp³-hybridized carbons (Fsp3) is 1.00. The third-order valence-electron chi connectivity index (χ3n) is 4.22. The molecule has 2 fully saturated rings. The molecule has 2 atom stereocenters. The number of likely N-dealkylation sites (N-methyl/N-ethyl adjacent to an activating group) is 1. The number of likely N-dealkylation sites (tertiary alicyclic amines) is 1. The summed E-state index contributed by atoms with van der Waals surface area (Å²) >= 11 is 0. The molecule has 0 amide bonds. The third-order valence-corrected chi connectivity index (χ3v) is 4.22. The van der Waals surface area contributed by atoms with Crippen LogP contribution in [0.2, 0.25) is 0 Å². The Labute approximate surface area is 100 Å². The number of nitrogens with one attached hydrogen (secondary N) is 1. The first-order valence-corrected chi connectivity index (χ1v) is 6.87. The fourth-order valence-electron chi connectivity index (χ4n) is 2.92. The summed E-state index contributed by atoms with van der Waals surface area (Å²) < 4.78 is 0. The Morgan fingerprint density at radius 1 is 1.25 bits per heavy atom. The zero-order valence-electron chi connectivity index (χ0n) is 10.9. The molecule has 2 heterocycles. The van der Waals surface area contributed by atoms with Crippen LogP contribution in [0.25, 0.3) is 0 Å². The van der Waals surface area contributed by atoms with Gasteiger partial charge in [-0.3, -0.25) is 0 Å². The highest BCUT2D eigenvalue weighted by Gasteiger charge is 2.24. The minimum atomic E-state index is 0.856. The molecule has 2 aliphatic heterocycles. The third kappa shape index (κ3) is 3.44. The average molecular weight is 225 g/mol. The van der Waals surface area contributed by atoms with Gasteiger partial charge >= 0.3 is 0 Å². The van der Waals surface area contributed by atoms with Crippen molar-refractivity contribution in [2.45, 2.75) is 19.8 Å². The van der Waals surface area contributed by atoms with Gasteiger partial charge < -0.3 is 15.1 Å². The van der Waals surface area contributed by atoms with Gasteiger partial charge in [0.15, 0.2) is 0 Å². The first-order valence-electron chi connectivity index (χ1n) is 6.87. The van der Waals surface area contributed by atoms with E-state index < -0.39 is 0 Å². The molecule has 94 valence electrons. The van der Waals surface area contributed by atoms with Crippen LogP contribution in [-0.2, 0) is 0 Å². The smallest absolute Gasteiger partial charge is 0.0109 e. The van der Waals surface area contributed by atoms with Crippen molar-refractivity contribution in [1.29, 1.82) is 0 Å². The summed E-state index contributed by atoms with van der Waals surface area (Å²) in [6.45, 7) is 11.2. The lowest BCUT2D eigenvalue weighted by atomic mass is 9.98. The van der Waals surface area contributed by atoms with E-state index in [1.165, 1.54) is 58.7 Å². The highest BCUT2D eigenvalue weighted by Crippen LogP contribution is 2.16. The zero-order chi connectivity index (χ0) is 11.4. The number of nitrogens with zero attached hydrogens (tertiary/aromatic N) is 2. The molecule has 2 rings (SSSR count). The maximum absolute atomic E-state index is 3.49. The molecule has 0 unspecified atom stereocenters. The molecule has 3 heteroatoms. The first-order chi connectivity index (χ1) is 7.75. The summed E-state index contributed by atoms with van der Waals surface area (Å²) in [6, 6.07) is 0. The second-order valence-corrected chi connectivity index (χ2v) is 5.71. The Kier molecular flexibility index (Phi) is 4.62. The summed E-state index contributed by atoms with van der Waals surface area (Å²) in [4.78, 5) is 5.12. The van der Waals surface area contributed by atoms with Crippen molar-refractivity contribution in [2.24, 2.45) is 11.8 Å². The van der Waals surface area contributed by atoms with Gasteiger partial charge in [0.05, 0.1) is 0 Å². The van der Waals surface area contributed by atoms with Crippen molar-refractivity contribution >= 4 is 0 Å². The van der Waals surface area contributed by atoms with Crippen molar-refractivity contribution < 1.29 is 0 Å². The van der Waals surface area contributed by atoms with Crippen LogP contribution >= 0.6 is 0 Å². The summed E-state index contributed by atoms with van der Waals surface area (Å²) in [7, 11) is 2.28. The fourth-order valence-corrected chi connectivity index (χ4v) is 2.92. The highest BCUT2D eigenvalue weighted by atomic mass is 15.2. The van der Waals surface area contributed by atoms with Crippen molar-refractivity contribution in [3.63, 3.8) is 0 Å². The Bertz CT molecular complexity index is 201. The van der Waals surface area contributed by atoms with Crippen molar-refractivity contribution in [2.75, 3.05) is 52.9 Å². The van der Waals surface area contributed by atoms with E-state index >= 15 is 0 Å². The molecule has 2 aliphatic rings. The predicted octanol–water partition coefficient (Wildman–Crippen LogP) is 0.870. The van der Waals surface area contributed by atoms with E-state index in [2.05, 4.69) is 29.1 Å². The largest absolute Gasteiger partial charge is 0.316 e. The Morgan fingerprint density at radius 3 is 2.62 bits per heavy atom. The van der Waals surface area contributed by atoms with E-state index in [1.54, 1.807) is 0 Å². The van der Waals surface area contributed by atoms with Gasteiger partial charge in [-0.05, 0) is 57.9 Å². The topological polar surface area (TPSA) is 18.5 Å². The van der Waals surface area contributed by atoms with Crippen LogP contribution < -0.4 is 5.32 Å². The van der Waals surface area contributed by atoms with Crippen LogP contribution in [0.4, 0.5) is 0 Å². The maximum atomic E-state index is 3.49. The van der Waals surface area contributed by atoms with Crippen molar-refractivity contribution in [1.82, 2.24) is 15.1 Å². The van der Waals surface area contributed by atoms with Gasteiger partial charge in [-0.15, -0.1) is 0 Å². The van der Waals surface area contributed by atoms with Crippen LogP contribution in [0.1, 0.15) is 19.8 Å². The molecular weight excluding hydrogens is 198 g/mol. The van der Waals surface area contributed by atoms with Gasteiger partial charge in [0, 0.05) is 19.6 Å². The first kappa shape index (κ1) is 12.3. The van der Waals surface area contributed by atoms with E-state index in [9.17, 15) is 0 Å². The number of hydrogen-bond donors (Lipinski definition) is 1. The minimum Gasteiger partial charge on any atom is -0.316 e. The number of hydrogen-bond acceptors (Lipinski definition) is 3. The monoisotopic (exact) mass is 225 g/mol. The lowest BCUT2D eigenvalue weighted by molar-refractivity contribution is 0.221. The molecule has 0 aromatic carbocycles. The van der Waals surface area contributed by atoms with Crippen LogP contribution in [0.3, 0.4) is 0 Å². The molecule has 0 bridgehead atoms. The number of rotatable bonds is 5. The Balaban J connectivity index is 1.61. The summed E-state index contributed by atoms with van der Waals surface area (Å²) in [6.07, 6.45) is 2.82. The van der Waals surface area contributed by atoms with Gasteiger partial charge in [0.1, 0.15) is 0 Å². The Hall–Kier alpha value is -0.120. The SMILES string of the molecule is C[C@@H]1CNC[C@H]1CN(C)CCN1CCCC1. The van der Waals surface area contributed by atoms with Crippen molar-refractivity contribution in [3.05, 3.63) is 0 Å². The summed E-state index contributed by atoms with van der Waals surface area (Å²) in [5, 5.41) is 3.49. The lowest BCUT2D eigenvalue weighted by Crippen LogP contribution is -2.35. The molecule has 3 nitrogen and oxygen atoms in total. The maximum Gasteiger partial charge on any atom is 0.0109 e. The molecule has 0 radical (unpaired) electrons. The van der Waals surface area contributed by atoms with Gasteiger partial charge in [0.25, 0.3) is 0 Å². The van der Waals surface area contributed by atoms with E-state index in [0.29, 0.717) is 0 Å². The van der Waals surface area contributed by atoms with Crippen LogP contribution in [0.5, 0.6) is 0 Å². The zero-order valence-corrected chi connectivity index (χ0v) is 10.9. The molecule has 0 aliphatic carbocycles. The second-order valence-electron chi connectivity index (χ2n) is 5.71. The molecule has 16 heavy (non-hydrogen) atoms. The van der Waals surface area contributed by atoms with E-state index in [0.717, 1.165) is 11.8 Å². The lowest BCUT2D eigenvalue weighted by Gasteiger charge is -2.25. The normalized spacial score (nSPS) is 31.7. The average Bonchev–Trinajstić information content (AvgIpc) is 2.88. The van der Waals surface area contributed by atoms with E-state index in [4.69, 9.17) is 0 Å². The molecule has 0 aromatic heterocycles. The molecule has 0 saturated carbocycles. The molecular formula is C13H27N3. The highest BCUT2D eigenvalue weighted by molar-refractivity contribution is 4.80. The molecule has 1 N–H and O–H groups in total. The minimum absolute atomic E-state index is 0.856. The quantitative estimate of drug-likeness (QED) is 0.749. The molecule has 0 spiro atoms. The van der Waals surface area contributed by atoms with Gasteiger partial charge in [-0.25, -0.2) is 0 Å². The Morgan fingerprint density at radius 2 is 2.00 bits per heavy atom. The van der Waals surface area contributed by atoms with Gasteiger partial charge in [-0.2, -0.15) is 0 Å². The van der Waals surface area contributed by atoms with E-state index in [1.807, 2.05) is 0 Å². The van der Waals surface area contributed by atoms with Gasteiger partial charge in [0.2, 0.25) is 0 Å². The van der Waals surface area contributed by atoms with Crippen molar-refractivity contribution in [3.8, 4) is 0 Å². The van der Waals surface area contributed by atoms with Crippen LogP contribution in [0.15, 0.2) is 0 Å². The van der Waals surface area contributed by atoms with Gasteiger partial charge in [-0.1, -0.05) is 6.92 Å². The van der Waals surface area contributed by atoms with E-state index in [-0.39, 0.29) is 0 Å². The van der Waals surface area contributed by atoms with Crippen LogP contribution in [0, 0.1) is 11.8 Å². The standard InChI is InChI=1S/C13H27N3/c1-12-9-14-10-13(12)11-15(2)7-8-16-5-3-4-6-16/h12-14H,3-11H2,1-2H3/t12-,13+/m1/s1. The molecule has 0 aromatic rings. The summed E-state index contributed by atoms with van der Waals surface area (Å²) in [5.41, 5.74) is 0. The second kappa shape index (κ2) is 5.99. The molecule has 2 saturated heterocycles. The summed E-state index contributed by atoms with van der Waals surface area (Å²) in [5.74, 6) is 1.72. The predicted molar refractivity (Wildman–Crippen MR) is 68.7 cm³/mol.